The summed E-state index contributed by atoms with van der Waals surface area (Å²) in [4.78, 5) is -0.309. The number of para-hydroxylation sites is 3. The first-order valence-corrected chi connectivity index (χ1v) is 12.9. The first-order valence-electron chi connectivity index (χ1n) is 11.5. The second kappa shape index (κ2) is 16.3. The molecule has 0 aliphatic heterocycles. The molecule has 0 saturated carbocycles. The smallest absolute Gasteiger partial charge is 0.870 e. The quantitative estimate of drug-likeness (QED) is 0.236. The van der Waals surface area contributed by atoms with E-state index in [1.807, 2.05) is 0 Å². The Balaban J connectivity index is 0.00000512. The Labute approximate surface area is 236 Å². The van der Waals surface area contributed by atoms with Crippen molar-refractivity contribution in [2.24, 2.45) is 0 Å². The Hall–Kier alpha value is -0.414. The minimum Gasteiger partial charge on any atom is -0.870 e. The van der Waals surface area contributed by atoms with Gasteiger partial charge in [0.1, 0.15) is 10.6 Å². The van der Waals surface area contributed by atoms with Crippen LogP contribution in [0.15, 0.2) is 47.4 Å². The van der Waals surface area contributed by atoms with Gasteiger partial charge in [-0.25, -0.2) is 0 Å². The molecule has 1 N–H and O–H groups in total. The Bertz CT molecular complexity index is 899. The molecule has 0 heterocycles. The van der Waals surface area contributed by atoms with E-state index in [9.17, 15) is 18.1 Å². The summed E-state index contributed by atoms with van der Waals surface area (Å²) < 4.78 is 39.0. The van der Waals surface area contributed by atoms with Crippen LogP contribution in [0.3, 0.4) is 0 Å². The fourth-order valence-electron chi connectivity index (χ4n) is 3.70. The van der Waals surface area contributed by atoms with Crippen LogP contribution in [-0.4, -0.2) is 13.0 Å². The van der Waals surface area contributed by atoms with Crippen LogP contribution in [0.4, 0.5) is 0 Å². The summed E-state index contributed by atoms with van der Waals surface area (Å²) in [6.45, 7) is 2.23. The molecule has 0 spiro atoms. The molecule has 0 unspecified atom stereocenters. The van der Waals surface area contributed by atoms with E-state index in [2.05, 4.69) is 6.92 Å². The molecule has 2 aromatic carbocycles. The number of aryl methyl sites for hydroxylation is 1. The van der Waals surface area contributed by atoms with Crippen LogP contribution in [0.25, 0.3) is 0 Å². The number of hydrogen-bond acceptors (Lipinski definition) is 4. The Kier molecular flexibility index (Phi) is 15.0. The fourth-order valence-corrected chi connectivity index (χ4v) is 4.36. The van der Waals surface area contributed by atoms with Gasteiger partial charge in [-0.15, -0.1) is 0 Å². The van der Waals surface area contributed by atoms with E-state index in [1.165, 1.54) is 69.6 Å². The van der Waals surface area contributed by atoms with Gasteiger partial charge in [0.2, 0.25) is 0 Å². The molecule has 5 nitrogen and oxygen atoms in total. The van der Waals surface area contributed by atoms with Gasteiger partial charge in [-0.05, 0) is 30.5 Å². The van der Waals surface area contributed by atoms with Gasteiger partial charge in [-0.2, -0.15) is 8.42 Å². The Morgan fingerprint density at radius 2 is 1.38 bits per heavy atom. The number of rotatable bonds is 15. The van der Waals surface area contributed by atoms with Crippen molar-refractivity contribution in [3.63, 3.8) is 0 Å². The molecule has 0 saturated heterocycles. The largest absolute Gasteiger partial charge is 1.00 e. The van der Waals surface area contributed by atoms with Crippen LogP contribution in [0.5, 0.6) is 17.2 Å². The topological polar surface area (TPSA) is 86.7 Å². The minimum atomic E-state index is -4.47. The molecule has 7 heteroatoms. The predicted octanol–water partition coefficient (Wildman–Crippen LogP) is 3.66. The van der Waals surface area contributed by atoms with E-state index in [1.54, 1.807) is 24.3 Å². The zero-order chi connectivity index (χ0) is 22.5. The molecule has 0 atom stereocenters. The monoisotopic (exact) mass is 486 g/mol. The SMILES string of the molecule is CCCCCCCCCCCCCc1cccc(S(=O)(=O)O)c1Oc1ccccc1[O-].[K+]. The summed E-state index contributed by atoms with van der Waals surface area (Å²) >= 11 is 0. The summed E-state index contributed by atoms with van der Waals surface area (Å²) in [7, 11) is -4.47. The predicted molar refractivity (Wildman–Crippen MR) is 122 cm³/mol. The standard InChI is InChI=1S/C25H36O5S.K/c1-2-3-4-5-6-7-8-9-10-11-12-16-21-17-15-20-24(31(27,28)29)25(21)30-23-19-14-13-18-22(23)26;/h13-15,17-20,26H,2-12,16H2,1H3,(H,27,28,29);/q;+1/p-1. The number of benzene rings is 2. The molecule has 0 aliphatic rings. The van der Waals surface area contributed by atoms with Gasteiger partial charge < -0.3 is 9.84 Å². The van der Waals surface area contributed by atoms with Crippen LogP contribution >= 0.6 is 0 Å². The van der Waals surface area contributed by atoms with Gasteiger partial charge in [0, 0.05) is 0 Å². The molecule has 0 aromatic heterocycles. The van der Waals surface area contributed by atoms with Gasteiger partial charge in [0.05, 0.1) is 0 Å². The Morgan fingerprint density at radius 3 is 1.94 bits per heavy atom. The first kappa shape index (κ1) is 29.6. The average Bonchev–Trinajstić information content (AvgIpc) is 2.73. The summed E-state index contributed by atoms with van der Waals surface area (Å²) in [5.41, 5.74) is 0.675. The molecule has 2 aromatic rings. The van der Waals surface area contributed by atoms with Crippen molar-refractivity contribution < 1.29 is 74.2 Å². The van der Waals surface area contributed by atoms with Gasteiger partial charge in [-0.3, -0.25) is 4.55 Å². The third-order valence-electron chi connectivity index (χ3n) is 5.45. The maximum Gasteiger partial charge on any atom is 1.00 e. The second-order valence-corrected chi connectivity index (χ2v) is 9.44. The third-order valence-corrected chi connectivity index (χ3v) is 6.33. The molecule has 0 bridgehead atoms. The minimum absolute atomic E-state index is 0. The van der Waals surface area contributed by atoms with Crippen molar-refractivity contribution >= 4 is 10.1 Å². The van der Waals surface area contributed by atoms with E-state index < -0.39 is 10.1 Å². The Morgan fingerprint density at radius 1 is 0.812 bits per heavy atom. The summed E-state index contributed by atoms with van der Waals surface area (Å²) in [5, 5.41) is 12.0. The van der Waals surface area contributed by atoms with Crippen LogP contribution in [0, 0.1) is 0 Å². The molecule has 172 valence electrons. The number of ether oxygens (including phenoxy) is 1. The van der Waals surface area contributed by atoms with E-state index >= 15 is 0 Å². The van der Waals surface area contributed by atoms with Crippen molar-refractivity contribution in [3.05, 3.63) is 48.0 Å². The van der Waals surface area contributed by atoms with Crippen molar-refractivity contribution in [1.29, 1.82) is 0 Å². The van der Waals surface area contributed by atoms with Crippen LogP contribution in [0.1, 0.15) is 83.1 Å². The van der Waals surface area contributed by atoms with Crippen molar-refractivity contribution in [2.45, 2.75) is 88.9 Å². The number of unbranched alkanes of at least 4 members (excludes halogenated alkanes) is 10. The van der Waals surface area contributed by atoms with E-state index in [4.69, 9.17) is 4.74 Å². The third kappa shape index (κ3) is 10.7. The molecule has 0 radical (unpaired) electrons. The van der Waals surface area contributed by atoms with E-state index in [0.717, 1.165) is 19.3 Å². The van der Waals surface area contributed by atoms with Crippen LogP contribution in [-0.2, 0) is 16.5 Å². The van der Waals surface area contributed by atoms with Gasteiger partial charge in [0.25, 0.3) is 10.1 Å². The fraction of sp³-hybridized carbons (Fsp3) is 0.520. The zero-order valence-corrected chi connectivity index (χ0v) is 23.5. The van der Waals surface area contributed by atoms with Crippen molar-refractivity contribution in [1.82, 2.24) is 0 Å². The molecule has 0 fully saturated rings. The number of hydrogen-bond donors (Lipinski definition) is 1. The molecule has 0 aliphatic carbocycles. The van der Waals surface area contributed by atoms with Crippen molar-refractivity contribution in [2.75, 3.05) is 0 Å². The molecular weight excluding hydrogens is 451 g/mol. The normalized spacial score (nSPS) is 11.2. The average molecular weight is 487 g/mol. The van der Waals surface area contributed by atoms with Gasteiger partial charge >= 0.3 is 51.4 Å². The summed E-state index contributed by atoms with van der Waals surface area (Å²) in [6.07, 6.45) is 14.1. The molecule has 32 heavy (non-hydrogen) atoms. The van der Waals surface area contributed by atoms with Crippen LogP contribution < -0.4 is 61.2 Å². The van der Waals surface area contributed by atoms with Crippen molar-refractivity contribution in [3.8, 4) is 17.2 Å². The molecule has 2 rings (SSSR count). The second-order valence-electron chi connectivity index (χ2n) is 8.05. The molecule has 0 amide bonds. The molecular formula is C25H35KO5S. The van der Waals surface area contributed by atoms with Gasteiger partial charge in [-0.1, -0.05) is 107 Å². The van der Waals surface area contributed by atoms with Crippen LogP contribution in [0.2, 0.25) is 0 Å². The summed E-state index contributed by atoms with van der Waals surface area (Å²) in [5.74, 6) is -0.257. The maximum absolute atomic E-state index is 12.0. The van der Waals surface area contributed by atoms with Gasteiger partial charge in [0.15, 0.2) is 5.75 Å². The van der Waals surface area contributed by atoms with E-state index in [-0.39, 0.29) is 73.5 Å². The zero-order valence-electron chi connectivity index (χ0n) is 19.5. The summed E-state index contributed by atoms with van der Waals surface area (Å²) in [6, 6.07) is 10.8. The van der Waals surface area contributed by atoms with E-state index in [0.29, 0.717) is 12.0 Å². The first-order chi connectivity index (χ1) is 14.9. The maximum atomic E-state index is 12.0.